The van der Waals surface area contributed by atoms with Crippen LogP contribution in [0.5, 0.6) is 5.75 Å². The van der Waals surface area contributed by atoms with Crippen LogP contribution in [0.1, 0.15) is 77.0 Å². The van der Waals surface area contributed by atoms with Gasteiger partial charge in [0.05, 0.1) is 36.1 Å². The molecule has 1 spiro atoms. The number of alkyl halides is 3. The second-order valence-corrected chi connectivity index (χ2v) is 11.2. The van der Waals surface area contributed by atoms with Crippen LogP contribution in [-0.4, -0.2) is 72.1 Å². The standard InChI is InChI=1S/C30H36F3N3O4/c1-21-23(10-11-26(34-21)30(31,32)33)27(37)35-16-13-29(14-17-35)12-4-5-18-39-19-22-7-6-15-36(22)28(38)24-8-2-3-9-25(24)40-20-29/h2-3,8-11,22H,4-7,12-20H2,1H3/t22-/m0/s1. The van der Waals surface area contributed by atoms with Crippen molar-refractivity contribution in [3.63, 3.8) is 0 Å². The molecular formula is C30H36F3N3O4. The zero-order chi connectivity index (χ0) is 28.3. The number of ether oxygens (including phenoxy) is 2. The molecule has 3 aliphatic rings. The minimum Gasteiger partial charge on any atom is -0.492 e. The van der Waals surface area contributed by atoms with E-state index in [0.29, 0.717) is 63.6 Å². The SMILES string of the molecule is Cc1nc(C(F)(F)F)ccc1C(=O)N1CCC2(CCCCOC[C@@H]3CCCN3C(=O)c3ccccc3OC2)CC1. The minimum atomic E-state index is -4.56. The monoisotopic (exact) mass is 559 g/mol. The molecule has 0 aliphatic carbocycles. The van der Waals surface area contributed by atoms with E-state index in [9.17, 15) is 22.8 Å². The number of benzene rings is 1. The van der Waals surface area contributed by atoms with Gasteiger partial charge in [0.2, 0.25) is 0 Å². The van der Waals surface area contributed by atoms with Gasteiger partial charge in [-0.25, -0.2) is 4.98 Å². The number of nitrogens with zero attached hydrogens (tertiary/aromatic N) is 3. The Labute approximate surface area is 232 Å². The number of para-hydroxylation sites is 1. The van der Waals surface area contributed by atoms with Crippen molar-refractivity contribution in [2.24, 2.45) is 5.41 Å². The van der Waals surface area contributed by atoms with E-state index in [4.69, 9.17) is 9.47 Å². The van der Waals surface area contributed by atoms with Gasteiger partial charge in [-0.05, 0) is 69.7 Å². The van der Waals surface area contributed by atoms with Gasteiger partial charge in [0.1, 0.15) is 11.4 Å². The smallest absolute Gasteiger partial charge is 0.433 e. The molecule has 4 heterocycles. The number of amides is 2. The zero-order valence-electron chi connectivity index (χ0n) is 22.8. The van der Waals surface area contributed by atoms with Crippen molar-refractivity contribution in [1.82, 2.24) is 14.8 Å². The molecule has 0 bridgehead atoms. The number of aromatic nitrogens is 1. The van der Waals surface area contributed by atoms with Crippen molar-refractivity contribution >= 4 is 11.8 Å². The van der Waals surface area contributed by atoms with Crippen LogP contribution in [0.3, 0.4) is 0 Å². The fourth-order valence-electron chi connectivity index (χ4n) is 6.12. The predicted molar refractivity (Wildman–Crippen MR) is 142 cm³/mol. The van der Waals surface area contributed by atoms with Crippen LogP contribution in [0.4, 0.5) is 13.2 Å². The maximum Gasteiger partial charge on any atom is 0.433 e. The summed E-state index contributed by atoms with van der Waals surface area (Å²) in [6.45, 7) is 4.68. The van der Waals surface area contributed by atoms with Crippen molar-refractivity contribution in [3.05, 3.63) is 58.9 Å². The molecule has 2 amide bonds. The van der Waals surface area contributed by atoms with Gasteiger partial charge >= 0.3 is 6.18 Å². The molecule has 7 nitrogen and oxygen atoms in total. The van der Waals surface area contributed by atoms with Crippen LogP contribution in [0.25, 0.3) is 0 Å². The lowest BCUT2D eigenvalue weighted by Gasteiger charge is -2.42. The molecule has 1 aromatic heterocycles. The van der Waals surface area contributed by atoms with E-state index in [2.05, 4.69) is 4.98 Å². The first-order valence-electron chi connectivity index (χ1n) is 14.1. The van der Waals surface area contributed by atoms with Crippen molar-refractivity contribution in [2.45, 2.75) is 64.1 Å². The maximum absolute atomic E-state index is 13.5. The van der Waals surface area contributed by atoms with Crippen LogP contribution >= 0.6 is 0 Å². The third-order valence-corrected chi connectivity index (χ3v) is 8.56. The van der Waals surface area contributed by atoms with Crippen molar-refractivity contribution in [2.75, 3.05) is 39.5 Å². The third-order valence-electron chi connectivity index (χ3n) is 8.56. The fourth-order valence-corrected chi connectivity index (χ4v) is 6.12. The van der Waals surface area contributed by atoms with Crippen LogP contribution in [0, 0.1) is 12.3 Å². The predicted octanol–water partition coefficient (Wildman–Crippen LogP) is 5.52. The number of likely N-dealkylation sites (tertiary alicyclic amines) is 1. The number of carbonyl (C=O) groups excluding carboxylic acids is 2. The number of carbonyl (C=O) groups is 2. The molecule has 0 radical (unpaired) electrons. The van der Waals surface area contributed by atoms with E-state index in [1.54, 1.807) is 4.90 Å². The summed E-state index contributed by atoms with van der Waals surface area (Å²) in [6, 6.07) is 9.54. The highest BCUT2D eigenvalue weighted by atomic mass is 19.4. The first-order valence-corrected chi connectivity index (χ1v) is 14.1. The van der Waals surface area contributed by atoms with Crippen LogP contribution in [0.15, 0.2) is 36.4 Å². The quantitative estimate of drug-likeness (QED) is 0.461. The Bertz CT molecular complexity index is 1230. The molecule has 5 rings (SSSR count). The lowest BCUT2D eigenvalue weighted by atomic mass is 9.75. The molecule has 0 unspecified atom stereocenters. The molecule has 1 atom stereocenters. The minimum absolute atomic E-state index is 0.0336. The second kappa shape index (κ2) is 11.8. The summed E-state index contributed by atoms with van der Waals surface area (Å²) in [7, 11) is 0. The Kier molecular flexibility index (Phi) is 8.35. The number of aryl methyl sites for hydroxylation is 1. The van der Waals surface area contributed by atoms with Gasteiger partial charge in [0.15, 0.2) is 0 Å². The average Bonchev–Trinajstić information content (AvgIpc) is 3.41. The Morgan fingerprint density at radius 1 is 1.02 bits per heavy atom. The summed E-state index contributed by atoms with van der Waals surface area (Å²) in [5, 5.41) is 0. The fraction of sp³-hybridized carbons (Fsp3) is 0.567. The molecule has 216 valence electrons. The highest BCUT2D eigenvalue weighted by molar-refractivity contribution is 5.97. The summed E-state index contributed by atoms with van der Waals surface area (Å²) < 4.78 is 51.5. The molecule has 2 saturated heterocycles. The number of piperidine rings is 1. The van der Waals surface area contributed by atoms with Crippen molar-refractivity contribution < 1.29 is 32.2 Å². The molecule has 2 fully saturated rings. The molecule has 10 heteroatoms. The molecule has 1 aromatic carbocycles. The summed E-state index contributed by atoms with van der Waals surface area (Å²) in [4.78, 5) is 34.0. The second-order valence-electron chi connectivity index (χ2n) is 11.2. The first-order chi connectivity index (χ1) is 19.2. The largest absolute Gasteiger partial charge is 0.492 e. The van der Waals surface area contributed by atoms with E-state index in [-0.39, 0.29) is 34.5 Å². The van der Waals surface area contributed by atoms with E-state index >= 15 is 0 Å². The molecule has 2 aromatic rings. The van der Waals surface area contributed by atoms with Crippen molar-refractivity contribution in [1.29, 1.82) is 0 Å². The number of fused-ring (bicyclic) bond motifs is 2. The molecule has 0 saturated carbocycles. The molecule has 3 aliphatic heterocycles. The van der Waals surface area contributed by atoms with Crippen molar-refractivity contribution in [3.8, 4) is 5.75 Å². The number of hydrogen-bond donors (Lipinski definition) is 0. The molecule has 40 heavy (non-hydrogen) atoms. The molecular weight excluding hydrogens is 523 g/mol. The van der Waals surface area contributed by atoms with Gasteiger partial charge in [-0.15, -0.1) is 0 Å². The summed E-state index contributed by atoms with van der Waals surface area (Å²) >= 11 is 0. The van der Waals surface area contributed by atoms with Gasteiger partial charge in [-0.2, -0.15) is 13.2 Å². The lowest BCUT2D eigenvalue weighted by Crippen LogP contribution is -2.46. The number of rotatable bonds is 1. The Hall–Kier alpha value is -3.14. The van der Waals surface area contributed by atoms with Gasteiger partial charge in [0.25, 0.3) is 11.8 Å². The average molecular weight is 560 g/mol. The van der Waals surface area contributed by atoms with Gasteiger partial charge in [0, 0.05) is 31.7 Å². The lowest BCUT2D eigenvalue weighted by molar-refractivity contribution is -0.141. The number of pyridine rings is 1. The topological polar surface area (TPSA) is 72.0 Å². The van der Waals surface area contributed by atoms with Crippen LogP contribution in [-0.2, 0) is 10.9 Å². The summed E-state index contributed by atoms with van der Waals surface area (Å²) in [6.07, 6.45) is 1.48. The zero-order valence-corrected chi connectivity index (χ0v) is 22.8. The van der Waals surface area contributed by atoms with Crippen LogP contribution in [0.2, 0.25) is 0 Å². The van der Waals surface area contributed by atoms with Gasteiger partial charge < -0.3 is 19.3 Å². The van der Waals surface area contributed by atoms with Gasteiger partial charge in [-0.1, -0.05) is 18.6 Å². The number of halogens is 3. The highest BCUT2D eigenvalue weighted by Crippen LogP contribution is 2.39. The van der Waals surface area contributed by atoms with E-state index in [1.807, 2.05) is 29.2 Å². The maximum atomic E-state index is 13.5. The Morgan fingerprint density at radius 3 is 2.55 bits per heavy atom. The van der Waals surface area contributed by atoms with Gasteiger partial charge in [-0.3, -0.25) is 9.59 Å². The summed E-state index contributed by atoms with van der Waals surface area (Å²) in [5.74, 6) is 0.231. The Balaban J connectivity index is 1.31. The third kappa shape index (κ3) is 6.11. The van der Waals surface area contributed by atoms with Crippen LogP contribution < -0.4 is 4.74 Å². The van der Waals surface area contributed by atoms with E-state index in [1.165, 1.54) is 13.0 Å². The summed E-state index contributed by atoms with van der Waals surface area (Å²) in [5.41, 5.74) is -0.377. The molecule has 0 N–H and O–H groups in total. The van der Waals surface area contributed by atoms with E-state index in [0.717, 1.165) is 38.2 Å². The van der Waals surface area contributed by atoms with E-state index < -0.39 is 11.9 Å². The first kappa shape index (κ1) is 28.4. The normalized spacial score (nSPS) is 22.3. The number of hydrogen-bond acceptors (Lipinski definition) is 5. The Morgan fingerprint density at radius 2 is 1.80 bits per heavy atom. The highest BCUT2D eigenvalue weighted by Gasteiger charge is 2.39.